The number of benzene rings is 1. The molecule has 0 aromatic heterocycles. The molecule has 2 nitrogen and oxygen atoms in total. The molecule has 0 radical (unpaired) electrons. The van der Waals surface area contributed by atoms with Crippen LogP contribution in [0.3, 0.4) is 0 Å². The van der Waals surface area contributed by atoms with E-state index < -0.39 is 0 Å². The number of carbonyl (C=O) groups is 1. The van der Waals surface area contributed by atoms with E-state index in [4.69, 9.17) is 0 Å². The largest absolute Gasteiger partial charge is 0.339 e. The van der Waals surface area contributed by atoms with Crippen molar-refractivity contribution in [2.24, 2.45) is 5.92 Å². The highest BCUT2D eigenvalue weighted by atomic mass is 79.9. The first kappa shape index (κ1) is 15.0. The lowest BCUT2D eigenvalue weighted by Crippen LogP contribution is -2.39. The second kappa shape index (κ2) is 6.35. The number of piperidine rings is 1. The number of rotatable bonds is 2. The lowest BCUT2D eigenvalue weighted by Gasteiger charge is -2.33. The molecule has 1 aliphatic heterocycles. The minimum atomic E-state index is -0.344. The molecule has 104 valence electrons. The number of likely N-dealkylation sites (tertiary alicyclic amines) is 1. The van der Waals surface area contributed by atoms with Gasteiger partial charge in [0.2, 0.25) is 0 Å². The molecule has 1 atom stereocenters. The molecule has 0 spiro atoms. The molecule has 1 unspecified atom stereocenters. The first-order valence-electron chi connectivity index (χ1n) is 6.37. The SMILES string of the molecule is CC(Br)C1CCN(C(=O)c2ccc(F)c(Br)c2)CC1. The average molecular weight is 393 g/mol. The van der Waals surface area contributed by atoms with Gasteiger partial charge in [-0.25, -0.2) is 4.39 Å². The van der Waals surface area contributed by atoms with E-state index in [1.807, 2.05) is 4.90 Å². The first-order chi connectivity index (χ1) is 8.99. The van der Waals surface area contributed by atoms with Crippen LogP contribution in [0.4, 0.5) is 4.39 Å². The number of alkyl halides is 1. The van der Waals surface area contributed by atoms with Crippen molar-refractivity contribution >= 4 is 37.8 Å². The molecule has 1 heterocycles. The van der Waals surface area contributed by atoms with Crippen molar-refractivity contribution in [1.29, 1.82) is 0 Å². The molecule has 0 N–H and O–H groups in total. The molecule has 0 aliphatic carbocycles. The lowest BCUT2D eigenvalue weighted by atomic mass is 9.94. The van der Waals surface area contributed by atoms with Gasteiger partial charge in [0.1, 0.15) is 5.82 Å². The standard InChI is InChI=1S/C14H16Br2FNO/c1-9(15)10-4-6-18(7-5-10)14(19)11-2-3-13(17)12(16)8-11/h2-3,8-10H,4-7H2,1H3. The van der Waals surface area contributed by atoms with Gasteiger partial charge in [0, 0.05) is 23.5 Å². The van der Waals surface area contributed by atoms with Crippen molar-refractivity contribution < 1.29 is 9.18 Å². The van der Waals surface area contributed by atoms with Crippen LogP contribution in [-0.2, 0) is 0 Å². The molecular formula is C14H16Br2FNO. The van der Waals surface area contributed by atoms with Gasteiger partial charge >= 0.3 is 0 Å². The van der Waals surface area contributed by atoms with E-state index in [1.165, 1.54) is 6.07 Å². The zero-order chi connectivity index (χ0) is 14.0. The molecule has 1 aromatic carbocycles. The highest BCUT2D eigenvalue weighted by Crippen LogP contribution is 2.26. The molecule has 2 rings (SSSR count). The number of hydrogen-bond donors (Lipinski definition) is 0. The van der Waals surface area contributed by atoms with E-state index in [-0.39, 0.29) is 11.7 Å². The number of amides is 1. The molecule has 0 saturated carbocycles. The van der Waals surface area contributed by atoms with Crippen LogP contribution in [0, 0.1) is 11.7 Å². The third kappa shape index (κ3) is 3.57. The topological polar surface area (TPSA) is 20.3 Å². The van der Waals surface area contributed by atoms with Crippen LogP contribution in [0.1, 0.15) is 30.1 Å². The van der Waals surface area contributed by atoms with Gasteiger partial charge in [-0.2, -0.15) is 0 Å². The van der Waals surface area contributed by atoms with Gasteiger partial charge in [-0.05, 0) is 52.9 Å². The van der Waals surface area contributed by atoms with Crippen LogP contribution in [-0.4, -0.2) is 28.7 Å². The highest BCUT2D eigenvalue weighted by Gasteiger charge is 2.26. The number of halogens is 3. The molecule has 19 heavy (non-hydrogen) atoms. The summed E-state index contributed by atoms with van der Waals surface area (Å²) in [6.45, 7) is 3.70. The predicted octanol–water partition coefficient (Wildman–Crippen LogP) is 4.22. The smallest absolute Gasteiger partial charge is 0.253 e. The molecule has 1 fully saturated rings. The molecular weight excluding hydrogens is 377 g/mol. The van der Waals surface area contributed by atoms with Crippen molar-refractivity contribution in [2.45, 2.75) is 24.6 Å². The quantitative estimate of drug-likeness (QED) is 0.690. The Kier molecular flexibility index (Phi) is 5.01. The lowest BCUT2D eigenvalue weighted by molar-refractivity contribution is 0.0691. The first-order valence-corrected chi connectivity index (χ1v) is 8.08. The van der Waals surface area contributed by atoms with Gasteiger partial charge in [-0.15, -0.1) is 0 Å². The van der Waals surface area contributed by atoms with E-state index in [9.17, 15) is 9.18 Å². The van der Waals surface area contributed by atoms with Gasteiger partial charge < -0.3 is 4.90 Å². The highest BCUT2D eigenvalue weighted by molar-refractivity contribution is 9.10. The molecule has 0 bridgehead atoms. The summed E-state index contributed by atoms with van der Waals surface area (Å²) in [4.78, 5) is 14.7. The van der Waals surface area contributed by atoms with Crippen molar-refractivity contribution in [2.75, 3.05) is 13.1 Å². The van der Waals surface area contributed by atoms with E-state index in [2.05, 4.69) is 38.8 Å². The fourth-order valence-electron chi connectivity index (χ4n) is 2.37. The fraction of sp³-hybridized carbons (Fsp3) is 0.500. The summed E-state index contributed by atoms with van der Waals surface area (Å²) in [6, 6.07) is 4.42. The van der Waals surface area contributed by atoms with E-state index in [0.29, 0.717) is 20.8 Å². The van der Waals surface area contributed by atoms with Gasteiger partial charge in [0.05, 0.1) is 4.47 Å². The van der Waals surface area contributed by atoms with Crippen LogP contribution in [0.5, 0.6) is 0 Å². The minimum Gasteiger partial charge on any atom is -0.339 e. The third-order valence-corrected chi connectivity index (χ3v) is 5.00. The number of carbonyl (C=O) groups excluding carboxylic acids is 1. The van der Waals surface area contributed by atoms with Gasteiger partial charge in [-0.1, -0.05) is 22.9 Å². The summed E-state index contributed by atoms with van der Waals surface area (Å²) in [5, 5.41) is 0. The van der Waals surface area contributed by atoms with Crippen molar-refractivity contribution in [1.82, 2.24) is 4.90 Å². The van der Waals surface area contributed by atoms with Crippen molar-refractivity contribution in [3.05, 3.63) is 34.1 Å². The monoisotopic (exact) mass is 391 g/mol. The van der Waals surface area contributed by atoms with Gasteiger partial charge in [0.15, 0.2) is 0 Å². The Morgan fingerprint density at radius 2 is 2.05 bits per heavy atom. The van der Waals surface area contributed by atoms with E-state index in [0.717, 1.165) is 25.9 Å². The Hall–Kier alpha value is -0.420. The summed E-state index contributed by atoms with van der Waals surface area (Å²) < 4.78 is 13.5. The molecule has 1 amide bonds. The number of nitrogens with zero attached hydrogens (tertiary/aromatic N) is 1. The Morgan fingerprint density at radius 3 is 2.58 bits per heavy atom. The summed E-state index contributed by atoms with van der Waals surface area (Å²) >= 11 is 6.72. The summed E-state index contributed by atoms with van der Waals surface area (Å²) in [5.41, 5.74) is 0.540. The normalized spacial score (nSPS) is 18.4. The average Bonchev–Trinajstić information content (AvgIpc) is 2.41. The van der Waals surface area contributed by atoms with Crippen molar-refractivity contribution in [3.8, 4) is 0 Å². The van der Waals surface area contributed by atoms with Crippen LogP contribution < -0.4 is 0 Å². The summed E-state index contributed by atoms with van der Waals surface area (Å²) in [7, 11) is 0. The minimum absolute atomic E-state index is 0.0126. The van der Waals surface area contributed by atoms with E-state index >= 15 is 0 Å². The Morgan fingerprint density at radius 1 is 1.42 bits per heavy atom. The summed E-state index contributed by atoms with van der Waals surface area (Å²) in [6.07, 6.45) is 2.03. The van der Waals surface area contributed by atoms with Crippen molar-refractivity contribution in [3.63, 3.8) is 0 Å². The van der Waals surface area contributed by atoms with E-state index in [1.54, 1.807) is 12.1 Å². The Bertz CT molecular complexity index is 471. The van der Waals surface area contributed by atoms with Crippen LogP contribution in [0.25, 0.3) is 0 Å². The third-order valence-electron chi connectivity index (χ3n) is 3.64. The van der Waals surface area contributed by atoms with Crippen LogP contribution in [0.15, 0.2) is 22.7 Å². The zero-order valence-corrected chi connectivity index (χ0v) is 13.9. The number of hydrogen-bond acceptors (Lipinski definition) is 1. The molecule has 1 saturated heterocycles. The Balaban J connectivity index is 2.03. The van der Waals surface area contributed by atoms with Gasteiger partial charge in [-0.3, -0.25) is 4.79 Å². The summed E-state index contributed by atoms with van der Waals surface area (Å²) in [5.74, 6) is 0.272. The molecule has 5 heteroatoms. The Labute approximate surface area is 129 Å². The fourth-order valence-corrected chi connectivity index (χ4v) is 3.28. The maximum Gasteiger partial charge on any atom is 0.253 e. The second-order valence-electron chi connectivity index (χ2n) is 4.94. The maximum absolute atomic E-state index is 13.2. The maximum atomic E-state index is 13.2. The molecule has 1 aliphatic rings. The predicted molar refractivity (Wildman–Crippen MR) is 81.1 cm³/mol. The second-order valence-corrected chi connectivity index (χ2v) is 7.23. The van der Waals surface area contributed by atoms with Gasteiger partial charge in [0.25, 0.3) is 5.91 Å². The van der Waals surface area contributed by atoms with Crippen LogP contribution >= 0.6 is 31.9 Å². The zero-order valence-electron chi connectivity index (χ0n) is 10.7. The molecule has 1 aromatic rings. The van der Waals surface area contributed by atoms with Crippen LogP contribution in [0.2, 0.25) is 0 Å².